The van der Waals surface area contributed by atoms with Crippen LogP contribution in [0, 0.1) is 0 Å². The topological polar surface area (TPSA) is 32.7 Å². The number of isocyanates is 1. The minimum atomic E-state index is 0.438. The van der Waals surface area contributed by atoms with E-state index in [-0.39, 0.29) is 0 Å². The first kappa shape index (κ1) is 10.2. The van der Waals surface area contributed by atoms with Crippen molar-refractivity contribution in [1.82, 2.24) is 4.90 Å². The summed E-state index contributed by atoms with van der Waals surface area (Å²) in [6.45, 7) is 5.50. The molecule has 0 aromatic carbocycles. The fourth-order valence-corrected chi connectivity index (χ4v) is 1.78. The molecule has 0 radical (unpaired) electrons. The average molecular weight is 180 g/mol. The van der Waals surface area contributed by atoms with Crippen LogP contribution in [0.2, 0.25) is 0 Å². The molecule has 3 heteroatoms. The van der Waals surface area contributed by atoms with Gasteiger partial charge in [-0.1, -0.05) is 12.2 Å². The molecular formula is C10H16N2O. The monoisotopic (exact) mass is 180 g/mol. The highest BCUT2D eigenvalue weighted by Gasteiger charge is 2.20. The number of likely N-dealkylation sites (tertiary alicyclic amines) is 1. The Hall–Kier alpha value is -0.920. The van der Waals surface area contributed by atoms with Crippen molar-refractivity contribution in [3.8, 4) is 0 Å². The smallest absolute Gasteiger partial charge is 0.235 e. The quantitative estimate of drug-likeness (QED) is 0.372. The number of aliphatic imine (C=N–C) groups is 1. The summed E-state index contributed by atoms with van der Waals surface area (Å²) < 4.78 is 0. The number of hydrogen-bond acceptors (Lipinski definition) is 3. The Labute approximate surface area is 79.1 Å². The van der Waals surface area contributed by atoms with E-state index in [9.17, 15) is 4.79 Å². The summed E-state index contributed by atoms with van der Waals surface area (Å²) in [5, 5.41) is 0. The summed E-state index contributed by atoms with van der Waals surface area (Å²) in [7, 11) is 2.13. The molecule has 13 heavy (non-hydrogen) atoms. The van der Waals surface area contributed by atoms with Gasteiger partial charge in [-0.05, 0) is 32.9 Å². The maximum absolute atomic E-state index is 9.87. The molecule has 3 nitrogen and oxygen atoms in total. The van der Waals surface area contributed by atoms with Crippen LogP contribution >= 0.6 is 0 Å². The molecule has 0 spiro atoms. The van der Waals surface area contributed by atoms with Crippen LogP contribution in [0.1, 0.15) is 19.3 Å². The number of carbonyl (C=O) groups excluding carboxylic acids is 1. The Balaban J connectivity index is 2.30. The highest BCUT2D eigenvalue weighted by atomic mass is 16.1. The summed E-state index contributed by atoms with van der Waals surface area (Å²) in [6, 6.07) is 0.606. The molecule has 1 aliphatic rings. The first-order valence-corrected chi connectivity index (χ1v) is 4.64. The summed E-state index contributed by atoms with van der Waals surface area (Å²) in [5.41, 5.74) is 1.03. The summed E-state index contributed by atoms with van der Waals surface area (Å²) >= 11 is 0. The lowest BCUT2D eigenvalue weighted by Gasteiger charge is -2.19. The third kappa shape index (κ3) is 3.13. The minimum absolute atomic E-state index is 0.438. The van der Waals surface area contributed by atoms with E-state index in [1.807, 2.05) is 0 Å². The second-order valence-corrected chi connectivity index (χ2v) is 3.64. The van der Waals surface area contributed by atoms with Crippen molar-refractivity contribution in [3.63, 3.8) is 0 Å². The lowest BCUT2D eigenvalue weighted by atomic mass is 10.1. The molecule has 0 aromatic heterocycles. The van der Waals surface area contributed by atoms with Crippen LogP contribution in [-0.4, -0.2) is 37.2 Å². The van der Waals surface area contributed by atoms with Gasteiger partial charge in [0.1, 0.15) is 0 Å². The van der Waals surface area contributed by atoms with Crippen LogP contribution in [0.25, 0.3) is 0 Å². The van der Waals surface area contributed by atoms with Crippen molar-refractivity contribution in [2.75, 3.05) is 20.1 Å². The standard InChI is InChI=1S/C10H16N2O/c1-9(7-11-8-13)6-10-4-3-5-12(10)2/h10H,1,3-7H2,2H3. The number of nitrogens with zero attached hydrogens (tertiary/aromatic N) is 2. The fourth-order valence-electron chi connectivity index (χ4n) is 1.78. The zero-order chi connectivity index (χ0) is 9.68. The van der Waals surface area contributed by atoms with Crippen molar-refractivity contribution in [2.45, 2.75) is 25.3 Å². The average Bonchev–Trinajstić information content (AvgIpc) is 2.48. The second-order valence-electron chi connectivity index (χ2n) is 3.64. The molecule has 0 aromatic rings. The minimum Gasteiger partial charge on any atom is -0.303 e. The Morgan fingerprint density at radius 3 is 3.08 bits per heavy atom. The number of hydrogen-bond donors (Lipinski definition) is 0. The molecule has 1 heterocycles. The highest BCUT2D eigenvalue weighted by Crippen LogP contribution is 2.20. The van der Waals surface area contributed by atoms with Crippen LogP contribution in [0.15, 0.2) is 17.1 Å². The predicted molar refractivity (Wildman–Crippen MR) is 52.4 cm³/mol. The molecule has 0 saturated carbocycles. The first-order chi connectivity index (χ1) is 6.24. The Bertz CT molecular complexity index is 231. The summed E-state index contributed by atoms with van der Waals surface area (Å²) in [6.07, 6.45) is 5.00. The van der Waals surface area contributed by atoms with Crippen molar-refractivity contribution in [1.29, 1.82) is 0 Å². The van der Waals surface area contributed by atoms with Crippen LogP contribution in [0.3, 0.4) is 0 Å². The van der Waals surface area contributed by atoms with Gasteiger partial charge in [0.2, 0.25) is 6.08 Å². The van der Waals surface area contributed by atoms with E-state index < -0.39 is 0 Å². The first-order valence-electron chi connectivity index (χ1n) is 4.64. The molecule has 72 valence electrons. The van der Waals surface area contributed by atoms with Crippen molar-refractivity contribution in [2.24, 2.45) is 4.99 Å². The van der Waals surface area contributed by atoms with Crippen LogP contribution in [-0.2, 0) is 4.79 Å². The van der Waals surface area contributed by atoms with Gasteiger partial charge < -0.3 is 4.90 Å². The van der Waals surface area contributed by atoms with Gasteiger partial charge >= 0.3 is 0 Å². The highest BCUT2D eigenvalue weighted by molar-refractivity contribution is 5.33. The molecule has 1 aliphatic heterocycles. The van der Waals surface area contributed by atoms with E-state index in [0.29, 0.717) is 12.6 Å². The molecular weight excluding hydrogens is 164 g/mol. The lowest BCUT2D eigenvalue weighted by molar-refractivity contribution is 0.308. The van der Waals surface area contributed by atoms with Crippen molar-refractivity contribution in [3.05, 3.63) is 12.2 Å². The summed E-state index contributed by atoms with van der Waals surface area (Å²) in [5.74, 6) is 0. The molecule has 0 amide bonds. The van der Waals surface area contributed by atoms with Gasteiger partial charge in [-0.25, -0.2) is 9.79 Å². The van der Waals surface area contributed by atoms with Crippen LogP contribution < -0.4 is 0 Å². The SMILES string of the molecule is C=C(CN=C=O)CC1CCCN1C. The van der Waals surface area contributed by atoms with Crippen LogP contribution in [0.5, 0.6) is 0 Å². The molecule has 1 atom stereocenters. The zero-order valence-electron chi connectivity index (χ0n) is 8.12. The van der Waals surface area contributed by atoms with Gasteiger partial charge in [0.25, 0.3) is 0 Å². The second kappa shape index (κ2) is 4.95. The van der Waals surface area contributed by atoms with Gasteiger partial charge in [0.05, 0.1) is 6.54 Å². The molecule has 1 saturated heterocycles. The van der Waals surface area contributed by atoms with E-state index in [0.717, 1.165) is 12.0 Å². The molecule has 1 rings (SSSR count). The van der Waals surface area contributed by atoms with Gasteiger partial charge in [-0.3, -0.25) is 0 Å². The Morgan fingerprint density at radius 2 is 2.54 bits per heavy atom. The molecule has 0 N–H and O–H groups in total. The number of rotatable bonds is 4. The van der Waals surface area contributed by atoms with E-state index in [4.69, 9.17) is 0 Å². The Morgan fingerprint density at radius 1 is 1.77 bits per heavy atom. The maximum atomic E-state index is 9.87. The van der Waals surface area contributed by atoms with E-state index >= 15 is 0 Å². The Kier molecular flexibility index (Phi) is 3.87. The van der Waals surface area contributed by atoms with Crippen LogP contribution in [0.4, 0.5) is 0 Å². The van der Waals surface area contributed by atoms with E-state index in [1.165, 1.54) is 25.5 Å². The van der Waals surface area contributed by atoms with Gasteiger partial charge in [0.15, 0.2) is 0 Å². The zero-order valence-corrected chi connectivity index (χ0v) is 8.12. The summed E-state index contributed by atoms with van der Waals surface area (Å²) in [4.78, 5) is 15.7. The largest absolute Gasteiger partial charge is 0.303 e. The van der Waals surface area contributed by atoms with Crippen molar-refractivity contribution < 1.29 is 4.79 Å². The predicted octanol–water partition coefficient (Wildman–Crippen LogP) is 1.36. The molecule has 1 fully saturated rings. The molecule has 0 bridgehead atoms. The maximum Gasteiger partial charge on any atom is 0.235 e. The normalized spacial score (nSPS) is 22.7. The third-order valence-electron chi connectivity index (χ3n) is 2.56. The molecule has 1 unspecified atom stereocenters. The molecule has 0 aliphatic carbocycles. The van der Waals surface area contributed by atoms with E-state index in [1.54, 1.807) is 0 Å². The van der Waals surface area contributed by atoms with E-state index in [2.05, 4.69) is 23.5 Å². The third-order valence-corrected chi connectivity index (χ3v) is 2.56. The fraction of sp³-hybridized carbons (Fsp3) is 0.700. The van der Waals surface area contributed by atoms with Crippen molar-refractivity contribution >= 4 is 6.08 Å². The van der Waals surface area contributed by atoms with Gasteiger partial charge in [-0.2, -0.15) is 0 Å². The lowest BCUT2D eigenvalue weighted by Crippen LogP contribution is -2.25. The van der Waals surface area contributed by atoms with Gasteiger partial charge in [-0.15, -0.1) is 0 Å². The van der Waals surface area contributed by atoms with Gasteiger partial charge in [0, 0.05) is 6.04 Å².